The highest BCUT2D eigenvalue weighted by atomic mass is 16.5. The predicted molar refractivity (Wildman–Crippen MR) is 87.6 cm³/mol. The van der Waals surface area contributed by atoms with Gasteiger partial charge in [0, 0.05) is 31.8 Å². The maximum atomic E-state index is 12.6. The van der Waals surface area contributed by atoms with Crippen LogP contribution >= 0.6 is 0 Å². The Balaban J connectivity index is 2.15. The zero-order chi connectivity index (χ0) is 16.8. The number of ether oxygens (including phenoxy) is 3. The van der Waals surface area contributed by atoms with Crippen LogP contribution in [0.15, 0.2) is 18.2 Å². The van der Waals surface area contributed by atoms with Crippen molar-refractivity contribution in [3.05, 3.63) is 23.8 Å². The minimum atomic E-state index is -0.240. The van der Waals surface area contributed by atoms with Gasteiger partial charge < -0.3 is 24.8 Å². The van der Waals surface area contributed by atoms with Crippen molar-refractivity contribution < 1.29 is 19.0 Å². The fraction of sp³-hybridized carbons (Fsp3) is 0.588. The minimum Gasteiger partial charge on any atom is -0.497 e. The summed E-state index contributed by atoms with van der Waals surface area (Å²) in [5.74, 6) is 1.57. The van der Waals surface area contributed by atoms with Gasteiger partial charge in [0.25, 0.3) is 0 Å². The standard InChI is InChI=1S/C17H26N2O4/c1-21-14-6-7-16(23-3)12(8-14)11-19(13-4-5-13)17(20)9-15(10-18)22-2/h6-8,13,15H,4-5,9-11,18H2,1-3H3. The lowest BCUT2D eigenvalue weighted by molar-refractivity contribution is -0.134. The molecule has 1 saturated carbocycles. The number of carbonyl (C=O) groups is 1. The first-order chi connectivity index (χ1) is 11.1. The first kappa shape index (κ1) is 17.6. The molecule has 1 amide bonds. The van der Waals surface area contributed by atoms with Crippen LogP contribution in [-0.2, 0) is 16.1 Å². The summed E-state index contributed by atoms with van der Waals surface area (Å²) in [6.07, 6.45) is 2.14. The van der Waals surface area contributed by atoms with Crippen LogP contribution in [0.5, 0.6) is 11.5 Å². The van der Waals surface area contributed by atoms with Crippen molar-refractivity contribution in [1.82, 2.24) is 4.90 Å². The van der Waals surface area contributed by atoms with Gasteiger partial charge in [-0.15, -0.1) is 0 Å². The van der Waals surface area contributed by atoms with Crippen molar-refractivity contribution in [2.24, 2.45) is 5.73 Å². The van der Waals surface area contributed by atoms with Gasteiger partial charge in [-0.3, -0.25) is 4.79 Å². The van der Waals surface area contributed by atoms with Crippen LogP contribution in [0.4, 0.5) is 0 Å². The van der Waals surface area contributed by atoms with Gasteiger partial charge >= 0.3 is 0 Å². The van der Waals surface area contributed by atoms with Crippen LogP contribution in [0.2, 0.25) is 0 Å². The number of nitrogens with zero attached hydrogens (tertiary/aromatic N) is 1. The van der Waals surface area contributed by atoms with Gasteiger partial charge in [0.05, 0.1) is 26.7 Å². The van der Waals surface area contributed by atoms with E-state index >= 15 is 0 Å². The van der Waals surface area contributed by atoms with E-state index in [-0.39, 0.29) is 12.0 Å². The Morgan fingerprint density at radius 3 is 2.57 bits per heavy atom. The number of methoxy groups -OCH3 is 3. The van der Waals surface area contributed by atoms with Gasteiger partial charge in [-0.05, 0) is 31.0 Å². The molecule has 1 aliphatic carbocycles. The van der Waals surface area contributed by atoms with Crippen molar-refractivity contribution in [2.75, 3.05) is 27.9 Å². The van der Waals surface area contributed by atoms with Gasteiger partial charge in [0.2, 0.25) is 5.91 Å². The molecule has 2 N–H and O–H groups in total. The number of nitrogens with two attached hydrogens (primary N) is 1. The Labute approximate surface area is 137 Å². The number of hydrogen-bond acceptors (Lipinski definition) is 5. The van der Waals surface area contributed by atoms with Crippen LogP contribution in [-0.4, -0.2) is 50.8 Å². The van der Waals surface area contributed by atoms with E-state index in [0.717, 1.165) is 29.9 Å². The molecule has 128 valence electrons. The molecule has 0 heterocycles. The molecule has 1 fully saturated rings. The quantitative estimate of drug-likeness (QED) is 0.747. The zero-order valence-corrected chi connectivity index (χ0v) is 14.1. The molecule has 1 aliphatic rings. The van der Waals surface area contributed by atoms with Crippen LogP contribution in [0.3, 0.4) is 0 Å². The molecule has 0 saturated heterocycles. The van der Waals surface area contributed by atoms with Crippen molar-refractivity contribution in [2.45, 2.75) is 38.0 Å². The van der Waals surface area contributed by atoms with Gasteiger partial charge in [0.15, 0.2) is 0 Å². The van der Waals surface area contributed by atoms with E-state index in [9.17, 15) is 4.79 Å². The highest BCUT2D eigenvalue weighted by molar-refractivity contribution is 5.77. The fourth-order valence-electron chi connectivity index (χ4n) is 2.57. The first-order valence-electron chi connectivity index (χ1n) is 7.86. The minimum absolute atomic E-state index is 0.0645. The first-order valence-corrected chi connectivity index (χ1v) is 7.86. The molecular formula is C17H26N2O4. The molecule has 1 atom stereocenters. The third kappa shape index (κ3) is 4.59. The number of amides is 1. The Morgan fingerprint density at radius 1 is 1.30 bits per heavy atom. The average molecular weight is 322 g/mol. The fourth-order valence-corrected chi connectivity index (χ4v) is 2.57. The van der Waals surface area contributed by atoms with E-state index in [1.54, 1.807) is 21.3 Å². The topological polar surface area (TPSA) is 74.0 Å². The maximum absolute atomic E-state index is 12.6. The average Bonchev–Trinajstić information content (AvgIpc) is 3.41. The van der Waals surface area contributed by atoms with Gasteiger partial charge in [-0.2, -0.15) is 0 Å². The second-order valence-electron chi connectivity index (χ2n) is 5.73. The molecule has 1 aromatic rings. The number of carbonyl (C=O) groups excluding carboxylic acids is 1. The molecule has 2 rings (SSSR count). The third-order valence-electron chi connectivity index (χ3n) is 4.13. The van der Waals surface area contributed by atoms with Gasteiger partial charge in [0.1, 0.15) is 11.5 Å². The van der Waals surface area contributed by atoms with Crippen molar-refractivity contribution in [3.8, 4) is 11.5 Å². The molecule has 6 heteroatoms. The summed E-state index contributed by atoms with van der Waals surface area (Å²) >= 11 is 0. The molecule has 23 heavy (non-hydrogen) atoms. The van der Waals surface area contributed by atoms with Crippen molar-refractivity contribution in [1.29, 1.82) is 0 Å². The van der Waals surface area contributed by atoms with E-state index in [4.69, 9.17) is 19.9 Å². The maximum Gasteiger partial charge on any atom is 0.225 e. The summed E-state index contributed by atoms with van der Waals surface area (Å²) in [7, 11) is 4.83. The Hall–Kier alpha value is -1.79. The molecule has 0 bridgehead atoms. The summed E-state index contributed by atoms with van der Waals surface area (Å²) in [5.41, 5.74) is 6.57. The van der Waals surface area contributed by atoms with Crippen molar-refractivity contribution >= 4 is 5.91 Å². The zero-order valence-electron chi connectivity index (χ0n) is 14.1. The molecule has 0 aromatic heterocycles. The molecule has 0 aliphatic heterocycles. The summed E-state index contributed by atoms with van der Waals surface area (Å²) < 4.78 is 15.9. The molecule has 0 radical (unpaired) electrons. The molecule has 1 unspecified atom stereocenters. The van der Waals surface area contributed by atoms with Crippen molar-refractivity contribution in [3.63, 3.8) is 0 Å². The third-order valence-corrected chi connectivity index (χ3v) is 4.13. The highest BCUT2D eigenvalue weighted by Crippen LogP contribution is 2.32. The molecule has 0 spiro atoms. The van der Waals surface area contributed by atoms with E-state index in [1.807, 2.05) is 23.1 Å². The second kappa shape index (κ2) is 8.17. The van der Waals surface area contributed by atoms with Gasteiger partial charge in [-0.1, -0.05) is 0 Å². The number of rotatable bonds is 9. The van der Waals surface area contributed by atoms with E-state index < -0.39 is 0 Å². The van der Waals surface area contributed by atoms with Crippen LogP contribution in [0, 0.1) is 0 Å². The lowest BCUT2D eigenvalue weighted by Gasteiger charge is -2.25. The van der Waals surface area contributed by atoms with E-state index in [2.05, 4.69) is 0 Å². The Bertz CT molecular complexity index is 527. The molecular weight excluding hydrogens is 296 g/mol. The number of benzene rings is 1. The Morgan fingerprint density at radius 2 is 2.04 bits per heavy atom. The summed E-state index contributed by atoms with van der Waals surface area (Å²) in [4.78, 5) is 14.5. The Kier molecular flexibility index (Phi) is 6.24. The number of hydrogen-bond donors (Lipinski definition) is 1. The van der Waals surface area contributed by atoms with Crippen LogP contribution < -0.4 is 15.2 Å². The molecule has 1 aromatic carbocycles. The van der Waals surface area contributed by atoms with Gasteiger partial charge in [-0.25, -0.2) is 0 Å². The smallest absolute Gasteiger partial charge is 0.225 e. The summed E-state index contributed by atoms with van der Waals surface area (Å²) in [5, 5.41) is 0. The van der Waals surface area contributed by atoms with E-state index in [0.29, 0.717) is 25.6 Å². The van der Waals surface area contributed by atoms with E-state index in [1.165, 1.54) is 0 Å². The normalized spacial score (nSPS) is 15.1. The SMILES string of the molecule is COc1ccc(OC)c(CN(C(=O)CC(CN)OC)C2CC2)c1. The second-order valence-corrected chi connectivity index (χ2v) is 5.73. The summed E-state index contributed by atoms with van der Waals surface area (Å²) in [6.45, 7) is 0.841. The monoisotopic (exact) mass is 322 g/mol. The largest absolute Gasteiger partial charge is 0.497 e. The lowest BCUT2D eigenvalue weighted by atomic mass is 10.1. The predicted octanol–water partition coefficient (Wildman–Crippen LogP) is 1.56. The van der Waals surface area contributed by atoms with Crippen LogP contribution in [0.1, 0.15) is 24.8 Å². The molecule has 6 nitrogen and oxygen atoms in total. The summed E-state index contributed by atoms with van der Waals surface area (Å²) in [6, 6.07) is 5.93. The van der Waals surface area contributed by atoms with Crippen LogP contribution in [0.25, 0.3) is 0 Å². The highest BCUT2D eigenvalue weighted by Gasteiger charge is 2.33. The lowest BCUT2D eigenvalue weighted by Crippen LogP contribution is -2.37.